The number of carbonyl (C=O) groups excluding carboxylic acids is 1. The fourth-order valence-corrected chi connectivity index (χ4v) is 0.894. The lowest BCUT2D eigenvalue weighted by atomic mass is 10.3. The Balaban J connectivity index is 2.74. The average Bonchev–Trinajstić information content (AvgIpc) is 2.19. The molecule has 1 heterocycles. The van der Waals surface area contributed by atoms with E-state index < -0.39 is 5.97 Å². The van der Waals surface area contributed by atoms with Crippen LogP contribution in [0.4, 0.5) is 0 Å². The van der Waals surface area contributed by atoms with Crippen LogP contribution in [0, 0.1) is 0 Å². The first-order valence-electron chi connectivity index (χ1n) is 4.29. The van der Waals surface area contributed by atoms with Crippen molar-refractivity contribution in [3.05, 3.63) is 35.8 Å². The van der Waals surface area contributed by atoms with Gasteiger partial charge in [0, 0.05) is 6.20 Å². The van der Waals surface area contributed by atoms with Crippen LogP contribution in [0.25, 0.3) is 6.08 Å². The molecule has 74 valence electrons. The molecule has 0 aliphatic heterocycles. The topological polar surface area (TPSA) is 65.2 Å². The van der Waals surface area contributed by atoms with Crippen LogP contribution in [0.5, 0.6) is 0 Å². The first-order chi connectivity index (χ1) is 6.74. The first-order valence-corrected chi connectivity index (χ1v) is 4.29. The molecular formula is C10H12N2O2. The van der Waals surface area contributed by atoms with Gasteiger partial charge in [0.25, 0.3) is 0 Å². The second-order valence-corrected chi connectivity index (χ2v) is 2.57. The normalized spacial score (nSPS) is 11.1. The summed E-state index contributed by atoms with van der Waals surface area (Å²) in [4.78, 5) is 15.1. The van der Waals surface area contributed by atoms with Gasteiger partial charge in [-0.15, -0.1) is 0 Å². The minimum absolute atomic E-state index is 0.0607. The maximum atomic E-state index is 11.1. The third-order valence-corrected chi connectivity index (χ3v) is 1.50. The Morgan fingerprint density at radius 2 is 2.43 bits per heavy atom. The van der Waals surface area contributed by atoms with E-state index in [1.54, 1.807) is 25.3 Å². The van der Waals surface area contributed by atoms with E-state index in [1.807, 2.05) is 6.07 Å². The molecule has 1 aromatic rings. The van der Waals surface area contributed by atoms with Crippen LogP contribution in [-0.4, -0.2) is 17.6 Å². The van der Waals surface area contributed by atoms with Crippen molar-refractivity contribution in [1.82, 2.24) is 4.98 Å². The zero-order chi connectivity index (χ0) is 10.4. The summed E-state index contributed by atoms with van der Waals surface area (Å²) in [6, 6.07) is 5.36. The van der Waals surface area contributed by atoms with E-state index >= 15 is 0 Å². The summed E-state index contributed by atoms with van der Waals surface area (Å²) in [6.07, 6.45) is 3.11. The predicted octanol–water partition coefficient (Wildman–Crippen LogP) is 0.944. The van der Waals surface area contributed by atoms with Crippen molar-refractivity contribution >= 4 is 12.0 Å². The smallest absolute Gasteiger partial charge is 0.354 e. The Morgan fingerprint density at radius 1 is 1.64 bits per heavy atom. The van der Waals surface area contributed by atoms with Crippen molar-refractivity contribution in [3.63, 3.8) is 0 Å². The number of rotatable bonds is 3. The van der Waals surface area contributed by atoms with Gasteiger partial charge in [0.05, 0.1) is 12.3 Å². The maximum Gasteiger partial charge on any atom is 0.354 e. The highest BCUT2D eigenvalue weighted by Gasteiger charge is 2.04. The molecule has 0 fully saturated rings. The summed E-state index contributed by atoms with van der Waals surface area (Å²) in [6.45, 7) is 2.04. The van der Waals surface area contributed by atoms with Gasteiger partial charge in [-0.25, -0.2) is 4.79 Å². The van der Waals surface area contributed by atoms with E-state index in [4.69, 9.17) is 10.5 Å². The minimum Gasteiger partial charge on any atom is -0.461 e. The third-order valence-electron chi connectivity index (χ3n) is 1.50. The van der Waals surface area contributed by atoms with Gasteiger partial charge in [0.2, 0.25) is 0 Å². The van der Waals surface area contributed by atoms with E-state index in [2.05, 4.69) is 4.98 Å². The van der Waals surface area contributed by atoms with Crippen LogP contribution in [0.1, 0.15) is 12.6 Å². The SMILES string of the molecule is CCOC(=O)/C(N)=C\c1ccccn1. The van der Waals surface area contributed by atoms with Crippen molar-refractivity contribution in [2.75, 3.05) is 6.61 Å². The summed E-state index contributed by atoms with van der Waals surface area (Å²) < 4.78 is 4.72. The summed E-state index contributed by atoms with van der Waals surface area (Å²) in [5, 5.41) is 0. The summed E-state index contributed by atoms with van der Waals surface area (Å²) in [5.41, 5.74) is 6.18. The van der Waals surface area contributed by atoms with Crippen molar-refractivity contribution in [2.45, 2.75) is 6.92 Å². The van der Waals surface area contributed by atoms with Gasteiger partial charge in [0.1, 0.15) is 5.70 Å². The molecule has 1 rings (SSSR count). The molecule has 0 saturated carbocycles. The second-order valence-electron chi connectivity index (χ2n) is 2.57. The number of ether oxygens (including phenoxy) is 1. The Kier molecular flexibility index (Phi) is 3.67. The average molecular weight is 192 g/mol. The Bertz CT molecular complexity index is 333. The molecule has 4 nitrogen and oxygen atoms in total. The van der Waals surface area contributed by atoms with Crippen LogP contribution in [0.2, 0.25) is 0 Å². The summed E-state index contributed by atoms with van der Waals surface area (Å²) >= 11 is 0. The lowest BCUT2D eigenvalue weighted by Gasteiger charge is -2.00. The quantitative estimate of drug-likeness (QED) is 0.572. The Morgan fingerprint density at radius 3 is 3.00 bits per heavy atom. The van der Waals surface area contributed by atoms with Gasteiger partial charge in [-0.3, -0.25) is 4.98 Å². The zero-order valence-corrected chi connectivity index (χ0v) is 7.93. The summed E-state index contributed by atoms with van der Waals surface area (Å²) in [7, 11) is 0. The number of hydrogen-bond acceptors (Lipinski definition) is 4. The minimum atomic E-state index is -0.516. The molecule has 0 atom stereocenters. The van der Waals surface area contributed by atoms with Crippen LogP contribution in [-0.2, 0) is 9.53 Å². The largest absolute Gasteiger partial charge is 0.461 e. The van der Waals surface area contributed by atoms with E-state index in [0.29, 0.717) is 12.3 Å². The maximum absolute atomic E-state index is 11.1. The fraction of sp³-hybridized carbons (Fsp3) is 0.200. The fourth-order valence-electron chi connectivity index (χ4n) is 0.894. The molecule has 0 unspecified atom stereocenters. The van der Waals surface area contributed by atoms with Gasteiger partial charge >= 0.3 is 5.97 Å². The molecule has 0 spiro atoms. The molecule has 0 bridgehead atoms. The van der Waals surface area contributed by atoms with E-state index in [1.165, 1.54) is 6.08 Å². The highest BCUT2D eigenvalue weighted by atomic mass is 16.5. The summed E-state index contributed by atoms with van der Waals surface area (Å²) in [5.74, 6) is -0.516. The van der Waals surface area contributed by atoms with Gasteiger partial charge in [-0.1, -0.05) is 6.07 Å². The third kappa shape index (κ3) is 2.90. The van der Waals surface area contributed by atoms with E-state index in [9.17, 15) is 4.79 Å². The van der Waals surface area contributed by atoms with Gasteiger partial charge < -0.3 is 10.5 Å². The van der Waals surface area contributed by atoms with E-state index in [-0.39, 0.29) is 5.70 Å². The number of esters is 1. The van der Waals surface area contributed by atoms with Crippen LogP contribution < -0.4 is 5.73 Å². The van der Waals surface area contributed by atoms with Crippen molar-refractivity contribution in [2.24, 2.45) is 5.73 Å². The molecule has 0 radical (unpaired) electrons. The number of nitrogens with zero attached hydrogens (tertiary/aromatic N) is 1. The zero-order valence-electron chi connectivity index (χ0n) is 7.93. The molecule has 14 heavy (non-hydrogen) atoms. The lowest BCUT2D eigenvalue weighted by Crippen LogP contribution is -2.14. The van der Waals surface area contributed by atoms with Crippen LogP contribution in [0.15, 0.2) is 30.1 Å². The molecule has 0 aliphatic rings. The number of pyridine rings is 1. The van der Waals surface area contributed by atoms with Crippen molar-refractivity contribution < 1.29 is 9.53 Å². The molecule has 2 N–H and O–H groups in total. The molecule has 0 saturated heterocycles. The number of carbonyl (C=O) groups is 1. The van der Waals surface area contributed by atoms with E-state index in [0.717, 1.165) is 0 Å². The predicted molar refractivity (Wildman–Crippen MR) is 53.0 cm³/mol. The highest BCUT2D eigenvalue weighted by molar-refractivity contribution is 5.92. The Labute approximate surface area is 82.4 Å². The van der Waals surface area contributed by atoms with Gasteiger partial charge in [-0.05, 0) is 25.1 Å². The first kappa shape index (κ1) is 10.2. The molecule has 0 amide bonds. The molecule has 0 aliphatic carbocycles. The number of nitrogens with two attached hydrogens (primary N) is 1. The molecule has 0 aromatic carbocycles. The van der Waals surface area contributed by atoms with Crippen LogP contribution >= 0.6 is 0 Å². The standard InChI is InChI=1S/C10H12N2O2/c1-2-14-10(13)9(11)7-8-5-3-4-6-12-8/h3-7H,2,11H2,1H3/b9-7+. The van der Waals surface area contributed by atoms with Gasteiger partial charge in [0.15, 0.2) is 0 Å². The van der Waals surface area contributed by atoms with Gasteiger partial charge in [-0.2, -0.15) is 0 Å². The lowest BCUT2D eigenvalue weighted by molar-refractivity contribution is -0.138. The number of aromatic nitrogens is 1. The second kappa shape index (κ2) is 5.01. The molecular weight excluding hydrogens is 180 g/mol. The molecule has 1 aromatic heterocycles. The van der Waals surface area contributed by atoms with Crippen molar-refractivity contribution in [1.29, 1.82) is 0 Å². The highest BCUT2D eigenvalue weighted by Crippen LogP contribution is 2.00. The Hall–Kier alpha value is -1.84. The van der Waals surface area contributed by atoms with Crippen molar-refractivity contribution in [3.8, 4) is 0 Å². The number of hydrogen-bond donors (Lipinski definition) is 1. The monoisotopic (exact) mass is 192 g/mol. The van der Waals surface area contributed by atoms with Crippen LogP contribution in [0.3, 0.4) is 0 Å². The molecule has 4 heteroatoms.